The zero-order valence-electron chi connectivity index (χ0n) is 12.9. The van der Waals surface area contributed by atoms with E-state index in [9.17, 15) is 9.00 Å². The van der Waals surface area contributed by atoms with E-state index < -0.39 is 16.4 Å². The van der Waals surface area contributed by atoms with Crippen molar-refractivity contribution < 1.29 is 18.5 Å². The number of aryl methyl sites for hydroxylation is 1. The number of carbonyl (C=O) groups is 1. The van der Waals surface area contributed by atoms with E-state index in [4.69, 9.17) is 9.47 Å². The van der Waals surface area contributed by atoms with Gasteiger partial charge < -0.3 is 9.47 Å². The highest BCUT2D eigenvalue weighted by molar-refractivity contribution is 7.85. The van der Waals surface area contributed by atoms with Gasteiger partial charge in [-0.3, -0.25) is 4.21 Å². The lowest BCUT2D eigenvalue weighted by Gasteiger charge is -2.12. The van der Waals surface area contributed by atoms with Crippen molar-refractivity contribution in [2.24, 2.45) is 0 Å². The summed E-state index contributed by atoms with van der Waals surface area (Å²) in [4.78, 5) is 12.7. The lowest BCUT2D eigenvalue weighted by Crippen LogP contribution is -2.28. The number of benzene rings is 2. The third kappa shape index (κ3) is 4.06. The van der Waals surface area contributed by atoms with Gasteiger partial charge in [-0.25, -0.2) is 4.79 Å². The third-order valence-electron chi connectivity index (χ3n) is 3.71. The number of rotatable bonds is 6. The van der Waals surface area contributed by atoms with Crippen LogP contribution in [0.2, 0.25) is 0 Å². The SMILES string of the molecule is Cc1ccc(S(=O)C[C@]2(COC(=O)c3ccccc3)CO2)cc1. The molecule has 4 nitrogen and oxygen atoms in total. The molecule has 1 fully saturated rings. The molecule has 2 aromatic carbocycles. The molecule has 2 aromatic rings. The Hall–Kier alpha value is -1.98. The molecule has 0 N–H and O–H groups in total. The zero-order chi connectivity index (χ0) is 16.3. The summed E-state index contributed by atoms with van der Waals surface area (Å²) in [5.41, 5.74) is 1.02. The Kier molecular flexibility index (Phi) is 4.59. The highest BCUT2D eigenvalue weighted by Crippen LogP contribution is 2.30. The Labute approximate surface area is 137 Å². The van der Waals surface area contributed by atoms with E-state index in [0.29, 0.717) is 17.9 Å². The first-order valence-corrected chi connectivity index (χ1v) is 8.71. The average molecular weight is 330 g/mol. The molecule has 0 amide bonds. The molecule has 120 valence electrons. The lowest BCUT2D eigenvalue weighted by molar-refractivity contribution is 0.0414. The van der Waals surface area contributed by atoms with Gasteiger partial charge in [-0.05, 0) is 31.2 Å². The second-order valence-electron chi connectivity index (χ2n) is 5.72. The fourth-order valence-corrected chi connectivity index (χ4v) is 3.51. The topological polar surface area (TPSA) is 55.9 Å². The summed E-state index contributed by atoms with van der Waals surface area (Å²) >= 11 is 0. The van der Waals surface area contributed by atoms with Crippen LogP contribution in [0.4, 0.5) is 0 Å². The lowest BCUT2D eigenvalue weighted by atomic mass is 10.2. The van der Waals surface area contributed by atoms with Gasteiger partial charge in [0.15, 0.2) is 0 Å². The van der Waals surface area contributed by atoms with Crippen LogP contribution in [0.15, 0.2) is 59.5 Å². The maximum Gasteiger partial charge on any atom is 0.338 e. The molecule has 1 heterocycles. The fourth-order valence-electron chi connectivity index (χ4n) is 2.18. The molecule has 0 bridgehead atoms. The first-order chi connectivity index (χ1) is 11.1. The number of carbonyl (C=O) groups excluding carboxylic acids is 1. The van der Waals surface area contributed by atoms with Crippen LogP contribution in [0.1, 0.15) is 15.9 Å². The summed E-state index contributed by atoms with van der Waals surface area (Å²) in [5.74, 6) is -0.0559. The Bertz CT molecular complexity index is 706. The fraction of sp³-hybridized carbons (Fsp3) is 0.278. The van der Waals surface area contributed by atoms with Gasteiger partial charge in [-0.2, -0.15) is 0 Å². The smallest absolute Gasteiger partial charge is 0.338 e. The number of esters is 1. The molecule has 0 saturated carbocycles. The van der Waals surface area contributed by atoms with Crippen molar-refractivity contribution in [3.05, 3.63) is 65.7 Å². The third-order valence-corrected chi connectivity index (χ3v) is 5.29. The highest BCUT2D eigenvalue weighted by Gasteiger charge is 2.48. The average Bonchev–Trinajstić information content (AvgIpc) is 3.34. The minimum atomic E-state index is -1.17. The van der Waals surface area contributed by atoms with Crippen LogP contribution in [-0.4, -0.2) is 34.7 Å². The van der Waals surface area contributed by atoms with E-state index in [1.165, 1.54) is 0 Å². The largest absolute Gasteiger partial charge is 0.459 e. The molecule has 1 unspecified atom stereocenters. The molecule has 23 heavy (non-hydrogen) atoms. The first-order valence-electron chi connectivity index (χ1n) is 7.39. The van der Waals surface area contributed by atoms with Crippen molar-refractivity contribution in [2.75, 3.05) is 19.0 Å². The van der Waals surface area contributed by atoms with Crippen molar-refractivity contribution in [1.82, 2.24) is 0 Å². The molecule has 1 aliphatic heterocycles. The Morgan fingerprint density at radius 3 is 2.43 bits per heavy atom. The molecule has 2 atom stereocenters. The summed E-state index contributed by atoms with van der Waals surface area (Å²) in [7, 11) is -1.17. The van der Waals surface area contributed by atoms with Crippen molar-refractivity contribution >= 4 is 16.8 Å². The molecule has 0 aliphatic carbocycles. The quantitative estimate of drug-likeness (QED) is 0.604. The number of epoxide rings is 1. The highest BCUT2D eigenvalue weighted by atomic mass is 32.2. The van der Waals surface area contributed by atoms with Crippen LogP contribution in [0, 0.1) is 6.92 Å². The van der Waals surface area contributed by atoms with Crippen LogP contribution in [0.25, 0.3) is 0 Å². The van der Waals surface area contributed by atoms with Gasteiger partial charge in [0.2, 0.25) is 0 Å². The minimum absolute atomic E-state index is 0.123. The van der Waals surface area contributed by atoms with Crippen LogP contribution in [0.3, 0.4) is 0 Å². The van der Waals surface area contributed by atoms with Gasteiger partial charge in [0.25, 0.3) is 0 Å². The Morgan fingerprint density at radius 2 is 1.83 bits per heavy atom. The van der Waals surface area contributed by atoms with Crippen molar-refractivity contribution in [2.45, 2.75) is 17.4 Å². The van der Waals surface area contributed by atoms with E-state index in [2.05, 4.69) is 0 Å². The van der Waals surface area contributed by atoms with Gasteiger partial charge in [0.1, 0.15) is 12.2 Å². The van der Waals surface area contributed by atoms with Crippen LogP contribution in [0.5, 0.6) is 0 Å². The second kappa shape index (κ2) is 6.64. The van der Waals surface area contributed by atoms with Gasteiger partial charge in [-0.15, -0.1) is 0 Å². The normalized spacial score (nSPS) is 20.7. The summed E-state index contributed by atoms with van der Waals surface area (Å²) in [5, 5.41) is 0. The minimum Gasteiger partial charge on any atom is -0.459 e. The van der Waals surface area contributed by atoms with Gasteiger partial charge in [-0.1, -0.05) is 35.9 Å². The maximum absolute atomic E-state index is 12.4. The van der Waals surface area contributed by atoms with E-state index >= 15 is 0 Å². The summed E-state index contributed by atoms with van der Waals surface area (Å²) in [6, 6.07) is 16.4. The molecule has 0 aromatic heterocycles. The molecular formula is C18H18O4S. The summed E-state index contributed by atoms with van der Waals surface area (Å²) < 4.78 is 23.2. The second-order valence-corrected chi connectivity index (χ2v) is 7.17. The molecule has 1 saturated heterocycles. The summed E-state index contributed by atoms with van der Waals surface area (Å²) in [6.45, 7) is 2.58. The predicted molar refractivity (Wildman–Crippen MR) is 87.9 cm³/mol. The first kappa shape index (κ1) is 15.9. The maximum atomic E-state index is 12.4. The Morgan fingerprint density at radius 1 is 1.17 bits per heavy atom. The Balaban J connectivity index is 1.57. The van der Waals surface area contributed by atoms with Gasteiger partial charge in [0, 0.05) is 4.90 Å². The van der Waals surface area contributed by atoms with Gasteiger partial charge in [0.05, 0.1) is 28.7 Å². The molecule has 0 radical (unpaired) electrons. The predicted octanol–water partition coefficient (Wildman–Crippen LogP) is 2.73. The van der Waals surface area contributed by atoms with Gasteiger partial charge >= 0.3 is 5.97 Å². The monoisotopic (exact) mass is 330 g/mol. The van der Waals surface area contributed by atoms with Crippen molar-refractivity contribution in [3.8, 4) is 0 Å². The van der Waals surface area contributed by atoms with E-state index in [-0.39, 0.29) is 12.6 Å². The number of ether oxygens (including phenoxy) is 2. The van der Waals surface area contributed by atoms with Crippen LogP contribution in [-0.2, 0) is 20.3 Å². The van der Waals surface area contributed by atoms with Crippen LogP contribution >= 0.6 is 0 Å². The van der Waals surface area contributed by atoms with Crippen molar-refractivity contribution in [3.63, 3.8) is 0 Å². The van der Waals surface area contributed by atoms with E-state index in [1.807, 2.05) is 37.3 Å². The van der Waals surface area contributed by atoms with Crippen molar-refractivity contribution in [1.29, 1.82) is 0 Å². The molecule has 5 heteroatoms. The van der Waals surface area contributed by atoms with Crippen LogP contribution < -0.4 is 0 Å². The number of hydrogen-bond acceptors (Lipinski definition) is 4. The standard InChI is InChI=1S/C18H18O4S/c1-14-7-9-16(10-8-14)23(20)13-18(12-22-18)11-21-17(19)15-5-3-2-4-6-15/h2-10H,11-13H2,1H3/t18-,23?/m0/s1. The number of hydrogen-bond donors (Lipinski definition) is 0. The molecular weight excluding hydrogens is 312 g/mol. The van der Waals surface area contributed by atoms with E-state index in [1.54, 1.807) is 24.3 Å². The molecule has 3 rings (SSSR count). The zero-order valence-corrected chi connectivity index (χ0v) is 13.7. The molecule has 0 spiro atoms. The summed E-state index contributed by atoms with van der Waals surface area (Å²) in [6.07, 6.45) is 0. The molecule has 1 aliphatic rings. The van der Waals surface area contributed by atoms with E-state index in [0.717, 1.165) is 10.5 Å².